The maximum Gasteiger partial charge on any atom is 0.119 e. The Morgan fingerprint density at radius 3 is 2.78 bits per heavy atom. The summed E-state index contributed by atoms with van der Waals surface area (Å²) in [6.45, 7) is 4.57. The molecule has 0 aliphatic rings. The minimum absolute atomic E-state index is 0.530. The van der Waals surface area contributed by atoms with Crippen molar-refractivity contribution in [3.63, 3.8) is 0 Å². The summed E-state index contributed by atoms with van der Waals surface area (Å²) in [5.74, 6) is 0.861. The molecule has 1 rings (SSSR count). The van der Waals surface area contributed by atoms with Gasteiger partial charge in [-0.3, -0.25) is 4.90 Å². The molecule has 0 amide bonds. The fourth-order valence-corrected chi connectivity index (χ4v) is 2.35. The third-order valence-electron chi connectivity index (χ3n) is 2.57. The number of halogens is 1. The molecule has 0 atom stereocenters. The van der Waals surface area contributed by atoms with Gasteiger partial charge in [-0.1, -0.05) is 35.1 Å². The van der Waals surface area contributed by atoms with Gasteiger partial charge in [-0.2, -0.15) is 0 Å². The first kappa shape index (κ1) is 15.4. The third kappa shape index (κ3) is 4.92. The molecule has 0 radical (unpaired) electrons. The van der Waals surface area contributed by atoms with Crippen molar-refractivity contribution < 1.29 is 4.74 Å². The summed E-state index contributed by atoms with van der Waals surface area (Å²) in [6.07, 6.45) is 1.07. The standard InChI is InChI=1S/C13H19BrN2OS/c1-3-6-16(9-13(15)18)8-10-7-11(17-2)4-5-12(10)14/h4-5,7H,3,6,8-9H2,1-2H3,(H2,15,18). The summed E-state index contributed by atoms with van der Waals surface area (Å²) >= 11 is 8.54. The second-order valence-electron chi connectivity index (χ2n) is 4.13. The fourth-order valence-electron chi connectivity index (χ4n) is 1.79. The SMILES string of the molecule is CCCN(CC(N)=S)Cc1cc(OC)ccc1Br. The average molecular weight is 331 g/mol. The molecule has 0 fully saturated rings. The number of ether oxygens (including phenoxy) is 1. The van der Waals surface area contributed by atoms with E-state index in [9.17, 15) is 0 Å². The van der Waals surface area contributed by atoms with Gasteiger partial charge in [0.2, 0.25) is 0 Å². The van der Waals surface area contributed by atoms with Gasteiger partial charge in [-0.15, -0.1) is 0 Å². The van der Waals surface area contributed by atoms with Gasteiger partial charge in [0.25, 0.3) is 0 Å². The molecule has 0 aliphatic carbocycles. The van der Waals surface area contributed by atoms with Gasteiger partial charge >= 0.3 is 0 Å². The molecule has 1 aromatic rings. The zero-order valence-electron chi connectivity index (χ0n) is 10.8. The number of thiocarbonyl (C=S) groups is 1. The molecule has 0 aliphatic heterocycles. The van der Waals surface area contributed by atoms with Crippen LogP contribution < -0.4 is 10.5 Å². The van der Waals surface area contributed by atoms with Gasteiger partial charge in [0, 0.05) is 17.6 Å². The van der Waals surface area contributed by atoms with Crippen LogP contribution in [0.15, 0.2) is 22.7 Å². The van der Waals surface area contributed by atoms with Gasteiger partial charge < -0.3 is 10.5 Å². The van der Waals surface area contributed by atoms with Crippen LogP contribution in [0.3, 0.4) is 0 Å². The van der Waals surface area contributed by atoms with Crippen molar-refractivity contribution in [2.24, 2.45) is 5.73 Å². The third-order valence-corrected chi connectivity index (χ3v) is 3.47. The van der Waals surface area contributed by atoms with Gasteiger partial charge in [0.15, 0.2) is 0 Å². The topological polar surface area (TPSA) is 38.5 Å². The van der Waals surface area contributed by atoms with Gasteiger partial charge in [-0.05, 0) is 36.7 Å². The molecule has 0 saturated heterocycles. The molecule has 5 heteroatoms. The Morgan fingerprint density at radius 2 is 2.22 bits per heavy atom. The van der Waals surface area contributed by atoms with E-state index in [1.165, 1.54) is 5.56 Å². The Morgan fingerprint density at radius 1 is 1.50 bits per heavy atom. The van der Waals surface area contributed by atoms with E-state index in [1.807, 2.05) is 18.2 Å². The van der Waals surface area contributed by atoms with E-state index in [1.54, 1.807) is 7.11 Å². The van der Waals surface area contributed by atoms with Crippen LogP contribution in [0, 0.1) is 0 Å². The van der Waals surface area contributed by atoms with Gasteiger partial charge in [0.1, 0.15) is 5.75 Å². The van der Waals surface area contributed by atoms with Crippen molar-refractivity contribution in [3.05, 3.63) is 28.2 Å². The molecule has 0 spiro atoms. The summed E-state index contributed by atoms with van der Waals surface area (Å²) < 4.78 is 6.32. The van der Waals surface area contributed by atoms with Crippen LogP contribution in [0.2, 0.25) is 0 Å². The van der Waals surface area contributed by atoms with Crippen LogP contribution in [0.25, 0.3) is 0 Å². The highest BCUT2D eigenvalue weighted by Crippen LogP contribution is 2.23. The number of hydrogen-bond acceptors (Lipinski definition) is 3. The maximum atomic E-state index is 5.62. The van der Waals surface area contributed by atoms with E-state index in [0.29, 0.717) is 11.5 Å². The lowest BCUT2D eigenvalue weighted by Gasteiger charge is -2.22. The van der Waals surface area contributed by atoms with Crippen LogP contribution >= 0.6 is 28.1 Å². The quantitative estimate of drug-likeness (QED) is 0.780. The Kier molecular flexibility index (Phi) is 6.60. The molecule has 1 aromatic carbocycles. The lowest BCUT2D eigenvalue weighted by atomic mass is 10.2. The summed E-state index contributed by atoms with van der Waals surface area (Å²) in [7, 11) is 1.67. The monoisotopic (exact) mass is 330 g/mol. The van der Waals surface area contributed by atoms with E-state index >= 15 is 0 Å². The predicted molar refractivity (Wildman–Crippen MR) is 83.0 cm³/mol. The fraction of sp³-hybridized carbons (Fsp3) is 0.462. The molecule has 2 N–H and O–H groups in total. The molecular weight excluding hydrogens is 312 g/mol. The van der Waals surface area contributed by atoms with Crippen molar-refractivity contribution in [3.8, 4) is 5.75 Å². The summed E-state index contributed by atoms with van der Waals surface area (Å²) in [4.78, 5) is 2.77. The first-order valence-corrected chi connectivity index (χ1v) is 7.10. The highest BCUT2D eigenvalue weighted by Gasteiger charge is 2.09. The molecule has 3 nitrogen and oxygen atoms in total. The lowest BCUT2D eigenvalue weighted by molar-refractivity contribution is 0.303. The van der Waals surface area contributed by atoms with Crippen LogP contribution in [-0.2, 0) is 6.54 Å². The lowest BCUT2D eigenvalue weighted by Crippen LogP contribution is -2.33. The maximum absolute atomic E-state index is 5.62. The Bertz CT molecular complexity index is 412. The van der Waals surface area contributed by atoms with E-state index in [4.69, 9.17) is 22.7 Å². The number of methoxy groups -OCH3 is 1. The van der Waals surface area contributed by atoms with Crippen molar-refractivity contribution >= 4 is 33.1 Å². The van der Waals surface area contributed by atoms with Crippen molar-refractivity contribution in [1.29, 1.82) is 0 Å². The Hall–Kier alpha value is -0.650. The predicted octanol–water partition coefficient (Wildman–Crippen LogP) is 2.96. The second-order valence-corrected chi connectivity index (χ2v) is 5.51. The summed E-state index contributed by atoms with van der Waals surface area (Å²) in [5, 5.41) is 0. The molecule has 0 saturated carbocycles. The molecule has 100 valence electrons. The minimum atomic E-state index is 0.530. The van der Waals surface area contributed by atoms with E-state index in [-0.39, 0.29) is 0 Å². The number of nitrogens with zero attached hydrogens (tertiary/aromatic N) is 1. The molecular formula is C13H19BrN2OS. The average Bonchev–Trinajstić information content (AvgIpc) is 2.31. The van der Waals surface area contributed by atoms with Crippen molar-refractivity contribution in [1.82, 2.24) is 4.90 Å². The normalized spacial score (nSPS) is 10.7. The minimum Gasteiger partial charge on any atom is -0.497 e. The summed E-state index contributed by atoms with van der Waals surface area (Å²) in [5.41, 5.74) is 6.80. The Labute approximate surface area is 122 Å². The van der Waals surface area contributed by atoms with Crippen molar-refractivity contribution in [2.75, 3.05) is 20.2 Å². The smallest absolute Gasteiger partial charge is 0.119 e. The van der Waals surface area contributed by atoms with Gasteiger partial charge in [-0.25, -0.2) is 0 Å². The number of benzene rings is 1. The zero-order chi connectivity index (χ0) is 13.5. The van der Waals surface area contributed by atoms with E-state index in [2.05, 4.69) is 27.8 Å². The molecule has 18 heavy (non-hydrogen) atoms. The molecule has 0 heterocycles. The van der Waals surface area contributed by atoms with E-state index in [0.717, 1.165) is 29.7 Å². The van der Waals surface area contributed by atoms with Crippen LogP contribution in [0.4, 0.5) is 0 Å². The molecule has 0 unspecified atom stereocenters. The first-order chi connectivity index (χ1) is 8.56. The highest BCUT2D eigenvalue weighted by molar-refractivity contribution is 9.10. The number of rotatable bonds is 7. The number of nitrogens with two attached hydrogens (primary N) is 1. The van der Waals surface area contributed by atoms with Crippen LogP contribution in [-0.4, -0.2) is 30.1 Å². The second kappa shape index (κ2) is 7.71. The largest absolute Gasteiger partial charge is 0.497 e. The van der Waals surface area contributed by atoms with Crippen molar-refractivity contribution in [2.45, 2.75) is 19.9 Å². The Balaban J connectivity index is 2.81. The van der Waals surface area contributed by atoms with Crippen LogP contribution in [0.1, 0.15) is 18.9 Å². The highest BCUT2D eigenvalue weighted by atomic mass is 79.9. The molecule has 0 aromatic heterocycles. The molecule has 0 bridgehead atoms. The van der Waals surface area contributed by atoms with Gasteiger partial charge in [0.05, 0.1) is 12.1 Å². The zero-order valence-corrected chi connectivity index (χ0v) is 13.2. The van der Waals surface area contributed by atoms with E-state index < -0.39 is 0 Å². The number of hydrogen-bond donors (Lipinski definition) is 1. The summed E-state index contributed by atoms with van der Waals surface area (Å²) in [6, 6.07) is 5.97. The van der Waals surface area contributed by atoms with Crippen LogP contribution in [0.5, 0.6) is 5.75 Å². The first-order valence-electron chi connectivity index (χ1n) is 5.90.